The highest BCUT2D eigenvalue weighted by atomic mass is 35.5. The van der Waals surface area contributed by atoms with Crippen molar-refractivity contribution >= 4 is 33.8 Å². The largest absolute Gasteiger partial charge is 0.383 e. The van der Waals surface area contributed by atoms with E-state index >= 15 is 0 Å². The maximum atomic E-state index is 10.9. The predicted octanol–water partition coefficient (Wildman–Crippen LogP) is 2.35. The lowest BCUT2D eigenvalue weighted by atomic mass is 10.2. The Labute approximate surface area is 107 Å². The molecule has 7 heteroatoms. The summed E-state index contributed by atoms with van der Waals surface area (Å²) in [5, 5.41) is 14.0. The van der Waals surface area contributed by atoms with Crippen LogP contribution in [0.25, 0.3) is 0 Å². The van der Waals surface area contributed by atoms with Crippen molar-refractivity contribution in [3.63, 3.8) is 0 Å². The van der Waals surface area contributed by atoms with Gasteiger partial charge in [-0.15, -0.1) is 0 Å². The van der Waals surface area contributed by atoms with E-state index < -0.39 is 15.7 Å². The third kappa shape index (κ3) is 3.98. The second-order valence-corrected chi connectivity index (χ2v) is 5.54. The lowest BCUT2D eigenvalue weighted by molar-refractivity contribution is -0.385. The van der Waals surface area contributed by atoms with Gasteiger partial charge in [0.1, 0.15) is 0 Å². The summed E-state index contributed by atoms with van der Waals surface area (Å²) in [6.07, 6.45) is 1.62. The Morgan fingerprint density at radius 1 is 1.53 bits per heavy atom. The summed E-state index contributed by atoms with van der Waals surface area (Å²) in [6.45, 7) is 2.16. The number of halogens is 1. The average molecular weight is 277 g/mol. The minimum atomic E-state index is -0.877. The van der Waals surface area contributed by atoms with Crippen LogP contribution in [0.15, 0.2) is 12.1 Å². The monoisotopic (exact) mass is 276 g/mol. The Morgan fingerprint density at radius 3 is 2.71 bits per heavy atom. The quantitative estimate of drug-likeness (QED) is 0.662. The molecule has 0 amide bonds. The minimum Gasteiger partial charge on any atom is -0.383 e. The Balaban J connectivity index is 2.84. The van der Waals surface area contributed by atoms with E-state index in [0.717, 1.165) is 0 Å². The van der Waals surface area contributed by atoms with Crippen LogP contribution in [-0.4, -0.2) is 27.7 Å². The molecule has 0 aliphatic carbocycles. The first-order valence-electron chi connectivity index (χ1n) is 4.90. The van der Waals surface area contributed by atoms with Gasteiger partial charge in [0.05, 0.1) is 15.6 Å². The summed E-state index contributed by atoms with van der Waals surface area (Å²) >= 11 is 5.92. The number of nitro groups is 1. The van der Waals surface area contributed by atoms with Gasteiger partial charge < -0.3 is 5.32 Å². The van der Waals surface area contributed by atoms with Crippen molar-refractivity contribution in [2.24, 2.45) is 0 Å². The number of anilines is 1. The smallest absolute Gasteiger partial charge is 0.273 e. The van der Waals surface area contributed by atoms with E-state index in [1.54, 1.807) is 19.2 Å². The maximum Gasteiger partial charge on any atom is 0.273 e. The fourth-order valence-electron chi connectivity index (χ4n) is 1.33. The Bertz CT molecular complexity index is 465. The molecule has 1 atom stereocenters. The van der Waals surface area contributed by atoms with E-state index in [2.05, 4.69) is 5.32 Å². The van der Waals surface area contributed by atoms with E-state index in [0.29, 0.717) is 28.6 Å². The zero-order valence-corrected chi connectivity index (χ0v) is 11.1. The Kier molecular flexibility index (Phi) is 4.89. The molecule has 0 fully saturated rings. The molecule has 1 N–H and O–H groups in total. The fourth-order valence-corrected chi connectivity index (χ4v) is 1.95. The Hall–Kier alpha value is -1.14. The third-order valence-electron chi connectivity index (χ3n) is 2.19. The van der Waals surface area contributed by atoms with E-state index in [1.807, 2.05) is 0 Å². The molecule has 0 radical (unpaired) electrons. The molecule has 0 aromatic heterocycles. The van der Waals surface area contributed by atoms with Gasteiger partial charge in [0.2, 0.25) is 0 Å². The number of nitrogens with one attached hydrogen (secondary N) is 1. The molecule has 1 aromatic carbocycles. The van der Waals surface area contributed by atoms with Gasteiger partial charge in [-0.2, -0.15) is 0 Å². The summed E-state index contributed by atoms with van der Waals surface area (Å²) in [7, 11) is -0.877. The lowest BCUT2D eigenvalue weighted by Gasteiger charge is -2.08. The van der Waals surface area contributed by atoms with Gasteiger partial charge in [0, 0.05) is 41.0 Å². The summed E-state index contributed by atoms with van der Waals surface area (Å²) in [5.41, 5.74) is 1.17. The minimum absolute atomic E-state index is 0.000354. The molecule has 0 heterocycles. The number of benzene rings is 1. The van der Waals surface area contributed by atoms with Crippen molar-refractivity contribution in [2.45, 2.75) is 6.92 Å². The van der Waals surface area contributed by atoms with E-state index in [9.17, 15) is 14.3 Å². The van der Waals surface area contributed by atoms with Crippen LogP contribution >= 0.6 is 11.6 Å². The molecule has 0 saturated carbocycles. The highest BCUT2D eigenvalue weighted by molar-refractivity contribution is 7.84. The zero-order valence-electron chi connectivity index (χ0n) is 9.53. The number of hydrogen-bond acceptors (Lipinski definition) is 4. The standard InChI is InChI=1S/C10H13ClN2O3S/c1-7-5-9(12-3-4-17(2)16)8(11)6-10(7)13(14)15/h5-6,12H,3-4H2,1-2H3/t17-/m0/s1. The van der Waals surface area contributed by atoms with Crippen molar-refractivity contribution in [1.29, 1.82) is 0 Å². The molecule has 17 heavy (non-hydrogen) atoms. The predicted molar refractivity (Wildman–Crippen MR) is 70.3 cm³/mol. The molecule has 0 bridgehead atoms. The molecule has 1 aromatic rings. The van der Waals surface area contributed by atoms with E-state index in [4.69, 9.17) is 11.6 Å². The molecule has 5 nitrogen and oxygen atoms in total. The fraction of sp³-hybridized carbons (Fsp3) is 0.400. The zero-order chi connectivity index (χ0) is 13.0. The number of hydrogen-bond donors (Lipinski definition) is 1. The highest BCUT2D eigenvalue weighted by Crippen LogP contribution is 2.30. The van der Waals surface area contributed by atoms with Gasteiger partial charge >= 0.3 is 0 Å². The number of aryl methyl sites for hydroxylation is 1. The third-order valence-corrected chi connectivity index (χ3v) is 3.28. The lowest BCUT2D eigenvalue weighted by Crippen LogP contribution is -2.10. The number of rotatable bonds is 5. The molecule has 0 aliphatic rings. The SMILES string of the molecule is Cc1cc(NCC[S@](C)=O)c(Cl)cc1[N+](=O)[O-]. The molecule has 1 rings (SSSR count). The van der Waals surface area contributed by atoms with Crippen LogP contribution in [0.1, 0.15) is 5.56 Å². The topological polar surface area (TPSA) is 72.2 Å². The molecular weight excluding hydrogens is 264 g/mol. The second-order valence-electron chi connectivity index (χ2n) is 3.58. The molecular formula is C10H13ClN2O3S. The van der Waals surface area contributed by atoms with Crippen molar-refractivity contribution in [2.75, 3.05) is 23.9 Å². The van der Waals surface area contributed by atoms with Crippen LogP contribution in [0, 0.1) is 17.0 Å². The van der Waals surface area contributed by atoms with Gasteiger partial charge in [0.25, 0.3) is 5.69 Å². The first-order chi connectivity index (χ1) is 7.91. The highest BCUT2D eigenvalue weighted by Gasteiger charge is 2.14. The van der Waals surface area contributed by atoms with Crippen LogP contribution < -0.4 is 5.32 Å². The maximum absolute atomic E-state index is 10.9. The van der Waals surface area contributed by atoms with Crippen molar-refractivity contribution in [1.82, 2.24) is 0 Å². The Morgan fingerprint density at radius 2 is 2.18 bits per heavy atom. The normalized spacial score (nSPS) is 12.2. The van der Waals surface area contributed by atoms with Gasteiger partial charge in [-0.25, -0.2) is 0 Å². The van der Waals surface area contributed by atoms with Gasteiger partial charge in [-0.05, 0) is 13.0 Å². The average Bonchev–Trinajstić information content (AvgIpc) is 2.21. The number of nitrogens with zero attached hydrogens (tertiary/aromatic N) is 1. The van der Waals surface area contributed by atoms with E-state index in [-0.39, 0.29) is 5.69 Å². The second kappa shape index (κ2) is 5.97. The molecule has 0 aliphatic heterocycles. The van der Waals surface area contributed by atoms with Crippen LogP contribution in [-0.2, 0) is 10.8 Å². The first kappa shape index (κ1) is 13.9. The van der Waals surface area contributed by atoms with Crippen LogP contribution in [0.3, 0.4) is 0 Å². The summed E-state index contributed by atoms with van der Waals surface area (Å²) in [6, 6.07) is 2.95. The first-order valence-corrected chi connectivity index (χ1v) is 7.00. The van der Waals surface area contributed by atoms with Crippen LogP contribution in [0.4, 0.5) is 11.4 Å². The summed E-state index contributed by atoms with van der Waals surface area (Å²) < 4.78 is 10.9. The molecule has 0 saturated heterocycles. The molecule has 94 valence electrons. The summed E-state index contributed by atoms with van der Waals surface area (Å²) in [5.74, 6) is 0.506. The van der Waals surface area contributed by atoms with Crippen molar-refractivity contribution in [3.05, 3.63) is 32.8 Å². The van der Waals surface area contributed by atoms with Gasteiger partial charge in [-0.3, -0.25) is 14.3 Å². The van der Waals surface area contributed by atoms with E-state index in [1.165, 1.54) is 6.07 Å². The summed E-state index contributed by atoms with van der Waals surface area (Å²) in [4.78, 5) is 10.2. The van der Waals surface area contributed by atoms with Crippen molar-refractivity contribution in [3.8, 4) is 0 Å². The molecule has 0 spiro atoms. The number of nitro benzene ring substituents is 1. The van der Waals surface area contributed by atoms with Crippen LogP contribution in [0.5, 0.6) is 0 Å². The van der Waals surface area contributed by atoms with Crippen LogP contribution in [0.2, 0.25) is 5.02 Å². The van der Waals surface area contributed by atoms with Crippen molar-refractivity contribution < 1.29 is 9.13 Å². The van der Waals surface area contributed by atoms with Gasteiger partial charge in [-0.1, -0.05) is 11.6 Å². The van der Waals surface area contributed by atoms with Gasteiger partial charge in [0.15, 0.2) is 0 Å². The molecule has 0 unspecified atom stereocenters.